The summed E-state index contributed by atoms with van der Waals surface area (Å²) < 4.78 is 2.73. The first kappa shape index (κ1) is 6.55. The minimum atomic E-state index is 0.579. The molecule has 3 nitrogen and oxygen atoms in total. The van der Waals surface area contributed by atoms with Crippen LogP contribution in [0.4, 0.5) is 0 Å². The summed E-state index contributed by atoms with van der Waals surface area (Å²) in [6.07, 6.45) is 3.27. The molecule has 0 amide bonds. The summed E-state index contributed by atoms with van der Waals surface area (Å²) in [6.45, 7) is 0.579. The van der Waals surface area contributed by atoms with E-state index in [1.54, 1.807) is 12.4 Å². The molecule has 0 aliphatic carbocycles. The maximum atomic E-state index is 3.85. The fourth-order valence-corrected chi connectivity index (χ4v) is 0.596. The number of nitrogens with zero attached hydrogens (tertiary/aromatic N) is 3. The first-order valence-electron chi connectivity index (χ1n) is 2.36. The van der Waals surface area contributed by atoms with Crippen molar-refractivity contribution in [3.05, 3.63) is 12.4 Å². The monoisotopic (exact) mass is 233 g/mol. The second kappa shape index (κ2) is 3.45. The van der Waals surface area contributed by atoms with Gasteiger partial charge in [-0.1, -0.05) is 5.92 Å². The second-order valence-corrected chi connectivity index (χ2v) is 1.87. The van der Waals surface area contributed by atoms with Crippen LogP contribution in [0, 0.1) is 9.85 Å². The Morgan fingerprint density at radius 2 is 2.11 bits per heavy atom. The van der Waals surface area contributed by atoms with E-state index in [1.807, 2.05) is 22.6 Å². The summed E-state index contributed by atoms with van der Waals surface area (Å²) in [5.41, 5.74) is 0. The Bertz CT molecular complexity index is 218. The van der Waals surface area contributed by atoms with Crippen molar-refractivity contribution in [3.63, 3.8) is 0 Å². The Morgan fingerprint density at radius 1 is 1.44 bits per heavy atom. The molecule has 0 N–H and O–H groups in total. The van der Waals surface area contributed by atoms with Crippen molar-refractivity contribution in [2.24, 2.45) is 0 Å². The molecule has 9 heavy (non-hydrogen) atoms. The zero-order chi connectivity index (χ0) is 6.53. The Labute approximate surface area is 66.6 Å². The molecule has 0 fully saturated rings. The molecule has 0 saturated heterocycles. The number of hydrogen-bond acceptors (Lipinski definition) is 2. The third kappa shape index (κ3) is 2.01. The molecular formula is C5H4IN3. The van der Waals surface area contributed by atoms with Gasteiger partial charge in [-0.3, -0.25) is 0 Å². The highest BCUT2D eigenvalue weighted by Crippen LogP contribution is 1.77. The highest BCUT2D eigenvalue weighted by Gasteiger charge is 1.82. The van der Waals surface area contributed by atoms with E-state index in [4.69, 9.17) is 0 Å². The van der Waals surface area contributed by atoms with Gasteiger partial charge in [0.2, 0.25) is 0 Å². The molecule has 46 valence electrons. The van der Waals surface area contributed by atoms with E-state index >= 15 is 0 Å². The van der Waals surface area contributed by atoms with Crippen molar-refractivity contribution in [2.75, 3.05) is 0 Å². The van der Waals surface area contributed by atoms with Crippen LogP contribution in [-0.4, -0.2) is 15.0 Å². The Hall–Kier alpha value is -0.570. The number of halogens is 1. The molecular weight excluding hydrogens is 229 g/mol. The molecule has 0 spiro atoms. The lowest BCUT2D eigenvalue weighted by atomic mass is 10.7. The van der Waals surface area contributed by atoms with E-state index in [2.05, 4.69) is 20.0 Å². The summed E-state index contributed by atoms with van der Waals surface area (Å²) in [5.74, 6) is 2.83. The smallest absolute Gasteiger partial charge is 0.122 e. The van der Waals surface area contributed by atoms with E-state index in [1.165, 1.54) is 4.80 Å². The molecule has 0 aromatic carbocycles. The van der Waals surface area contributed by atoms with Crippen molar-refractivity contribution in [1.82, 2.24) is 15.0 Å². The molecule has 0 aliphatic heterocycles. The predicted octanol–water partition coefficient (Wildman–Crippen LogP) is 0.674. The third-order valence-electron chi connectivity index (χ3n) is 0.754. The zero-order valence-electron chi connectivity index (χ0n) is 4.58. The summed E-state index contributed by atoms with van der Waals surface area (Å²) in [6, 6.07) is 0. The van der Waals surface area contributed by atoms with Crippen LogP contribution in [0.15, 0.2) is 12.4 Å². The molecule has 4 heteroatoms. The molecule has 1 aromatic rings. The van der Waals surface area contributed by atoms with Gasteiger partial charge < -0.3 is 0 Å². The molecule has 1 heterocycles. The SMILES string of the molecule is IC#CCn1nccn1. The van der Waals surface area contributed by atoms with Crippen molar-refractivity contribution < 1.29 is 0 Å². The second-order valence-electron chi connectivity index (χ2n) is 1.33. The largest absolute Gasteiger partial charge is 0.173 e. The third-order valence-corrected chi connectivity index (χ3v) is 1.14. The van der Waals surface area contributed by atoms with Gasteiger partial charge in [-0.2, -0.15) is 15.0 Å². The zero-order valence-corrected chi connectivity index (χ0v) is 6.74. The number of hydrogen-bond donors (Lipinski definition) is 0. The number of aromatic nitrogens is 3. The van der Waals surface area contributed by atoms with Crippen LogP contribution in [0.3, 0.4) is 0 Å². The molecule has 0 saturated carbocycles. The standard InChI is InChI=1S/C5H4IN3/c6-2-1-5-9-7-3-4-8-9/h3-4H,5H2. The topological polar surface area (TPSA) is 30.7 Å². The van der Waals surface area contributed by atoms with Crippen molar-refractivity contribution in [2.45, 2.75) is 6.54 Å². The minimum Gasteiger partial charge on any atom is -0.173 e. The summed E-state index contributed by atoms with van der Waals surface area (Å²) in [7, 11) is 0. The average Bonchev–Trinajstić information content (AvgIpc) is 2.34. The Balaban J connectivity index is 2.54. The fraction of sp³-hybridized carbons (Fsp3) is 0.200. The first-order valence-corrected chi connectivity index (χ1v) is 3.44. The van der Waals surface area contributed by atoms with Gasteiger partial charge in [0.15, 0.2) is 0 Å². The van der Waals surface area contributed by atoms with Gasteiger partial charge in [0, 0.05) is 22.6 Å². The minimum absolute atomic E-state index is 0.579. The normalized spacial score (nSPS) is 8.11. The Morgan fingerprint density at radius 3 is 2.67 bits per heavy atom. The van der Waals surface area contributed by atoms with Crippen molar-refractivity contribution in [3.8, 4) is 9.85 Å². The quantitative estimate of drug-likeness (QED) is 0.527. The maximum absolute atomic E-state index is 3.85. The van der Waals surface area contributed by atoms with Crippen LogP contribution < -0.4 is 0 Å². The van der Waals surface area contributed by atoms with Crippen molar-refractivity contribution >= 4 is 22.6 Å². The molecule has 0 atom stereocenters. The van der Waals surface area contributed by atoms with Crippen LogP contribution in [0.2, 0.25) is 0 Å². The van der Waals surface area contributed by atoms with Gasteiger partial charge in [-0.15, -0.1) is 0 Å². The van der Waals surface area contributed by atoms with E-state index < -0.39 is 0 Å². The summed E-state index contributed by atoms with van der Waals surface area (Å²) >= 11 is 1.98. The van der Waals surface area contributed by atoms with Gasteiger partial charge in [-0.25, -0.2) is 0 Å². The van der Waals surface area contributed by atoms with Gasteiger partial charge in [0.05, 0.1) is 12.4 Å². The van der Waals surface area contributed by atoms with Gasteiger partial charge in [0.1, 0.15) is 6.54 Å². The van der Waals surface area contributed by atoms with E-state index in [0.717, 1.165) is 0 Å². The fourth-order valence-electron chi connectivity index (χ4n) is 0.426. The highest BCUT2D eigenvalue weighted by atomic mass is 127. The molecule has 0 aliphatic rings. The first-order chi connectivity index (χ1) is 4.43. The maximum Gasteiger partial charge on any atom is 0.122 e. The van der Waals surface area contributed by atoms with Crippen molar-refractivity contribution in [1.29, 1.82) is 0 Å². The van der Waals surface area contributed by atoms with Crippen LogP contribution >= 0.6 is 22.6 Å². The van der Waals surface area contributed by atoms with Gasteiger partial charge in [0.25, 0.3) is 0 Å². The lowest BCUT2D eigenvalue weighted by Crippen LogP contribution is -1.98. The van der Waals surface area contributed by atoms with E-state index in [0.29, 0.717) is 6.54 Å². The molecule has 0 radical (unpaired) electrons. The molecule has 1 rings (SSSR count). The lowest BCUT2D eigenvalue weighted by Gasteiger charge is -1.85. The van der Waals surface area contributed by atoms with E-state index in [-0.39, 0.29) is 0 Å². The number of rotatable bonds is 1. The lowest BCUT2D eigenvalue weighted by molar-refractivity contribution is 0.612. The summed E-state index contributed by atoms with van der Waals surface area (Å²) in [4.78, 5) is 1.53. The van der Waals surface area contributed by atoms with Crippen LogP contribution in [-0.2, 0) is 6.54 Å². The van der Waals surface area contributed by atoms with Crippen LogP contribution in [0.5, 0.6) is 0 Å². The molecule has 0 bridgehead atoms. The predicted molar refractivity (Wildman–Crippen MR) is 41.8 cm³/mol. The summed E-state index contributed by atoms with van der Waals surface area (Å²) in [5, 5.41) is 7.71. The molecule has 0 unspecified atom stereocenters. The molecule has 1 aromatic heterocycles. The van der Waals surface area contributed by atoms with Gasteiger partial charge >= 0.3 is 0 Å². The highest BCUT2D eigenvalue weighted by molar-refractivity contribution is 14.1. The Kier molecular flexibility index (Phi) is 2.51. The average molecular weight is 233 g/mol. The van der Waals surface area contributed by atoms with Crippen LogP contribution in [0.25, 0.3) is 0 Å². The van der Waals surface area contributed by atoms with E-state index in [9.17, 15) is 0 Å². The van der Waals surface area contributed by atoms with Crippen LogP contribution in [0.1, 0.15) is 0 Å². The van der Waals surface area contributed by atoms with Gasteiger partial charge in [-0.05, 0) is 3.93 Å².